The summed E-state index contributed by atoms with van der Waals surface area (Å²) in [5.41, 5.74) is 0. The summed E-state index contributed by atoms with van der Waals surface area (Å²) in [6.07, 6.45) is 8.53. The fourth-order valence-electron chi connectivity index (χ4n) is 4.70. The van der Waals surface area contributed by atoms with Gasteiger partial charge in [-0.3, -0.25) is 0 Å². The second-order valence-corrected chi connectivity index (χ2v) is 16.1. The van der Waals surface area contributed by atoms with Crippen molar-refractivity contribution in [2.75, 3.05) is 52.4 Å². The van der Waals surface area contributed by atoms with Gasteiger partial charge in [0.05, 0.1) is 6.54 Å². The van der Waals surface area contributed by atoms with E-state index in [-0.39, 0.29) is 0 Å². The Bertz CT molecular complexity index is 696. The van der Waals surface area contributed by atoms with Gasteiger partial charge in [-0.05, 0) is 61.6 Å². The molecule has 5 heterocycles. The zero-order valence-electron chi connectivity index (χ0n) is 16.0. The van der Waals surface area contributed by atoms with E-state index in [9.17, 15) is 0 Å². The lowest BCUT2D eigenvalue weighted by Gasteiger charge is -2.45. The third-order valence-electron chi connectivity index (χ3n) is 6.11. The highest BCUT2D eigenvalue weighted by atomic mass is 35.5. The zero-order valence-corrected chi connectivity index (χ0v) is 19.4. The molecule has 0 radical (unpaired) electrons. The molecule has 2 atom stereocenters. The number of hydrogen-bond acceptors (Lipinski definition) is 8. The van der Waals surface area contributed by atoms with Crippen molar-refractivity contribution in [3.8, 4) is 0 Å². The van der Waals surface area contributed by atoms with Crippen molar-refractivity contribution in [1.29, 1.82) is 0 Å². The van der Waals surface area contributed by atoms with Crippen molar-refractivity contribution in [2.24, 2.45) is 13.8 Å². The Hall–Kier alpha value is 0.650. The summed E-state index contributed by atoms with van der Waals surface area (Å²) < 4.78 is 26.0. The lowest BCUT2D eigenvalue weighted by molar-refractivity contribution is 0.366. The molecule has 1 N–H and O–H groups in total. The molecule has 5 aliphatic rings. The predicted octanol–water partition coefficient (Wildman–Crippen LogP) is 5.12. The van der Waals surface area contributed by atoms with Gasteiger partial charge in [-0.15, -0.1) is 4.19 Å². The Morgan fingerprint density at radius 1 is 0.741 bits per heavy atom. The molecule has 0 aromatic heterocycles. The molecule has 0 aliphatic carbocycles. The summed E-state index contributed by atoms with van der Waals surface area (Å²) in [7, 11) is -5.17. The number of hydrogen-bond donors (Lipinski definition) is 1. The van der Waals surface area contributed by atoms with Crippen LogP contribution in [-0.4, -0.2) is 70.6 Å². The summed E-state index contributed by atoms with van der Waals surface area (Å²) >= 11 is 6.94. The van der Waals surface area contributed by atoms with Crippen molar-refractivity contribution in [2.45, 2.75) is 44.9 Å². The number of nitrogens with zero attached hydrogens (tertiary/aromatic N) is 7. The molecule has 1 spiro atoms. The van der Waals surface area contributed by atoms with Crippen LogP contribution in [0.1, 0.15) is 44.9 Å². The maximum Gasteiger partial charge on any atom is 0.459 e. The predicted molar refractivity (Wildman–Crippen MR) is 116 cm³/mol. The van der Waals surface area contributed by atoms with E-state index >= 15 is 0 Å². The van der Waals surface area contributed by atoms with Crippen molar-refractivity contribution in [1.82, 2.24) is 23.1 Å². The quantitative estimate of drug-likeness (QED) is 0.466. The number of fused-ring (bicyclic) bond motifs is 1. The molecule has 0 saturated carbocycles. The topological polar surface area (TPSA) is 62.1 Å². The lowest BCUT2D eigenvalue weighted by atomic mass is 10.3. The summed E-state index contributed by atoms with van der Waals surface area (Å²) in [6.45, 7) is 8.52. The monoisotopic (exact) mass is 451 g/mol. The molecule has 0 amide bonds. The zero-order chi connectivity index (χ0) is 18.3. The molecular formula is C15H31ClN8P3+. The molecule has 5 aliphatic heterocycles. The Morgan fingerprint density at radius 2 is 1.33 bits per heavy atom. The van der Waals surface area contributed by atoms with E-state index < -0.39 is 23.0 Å². The van der Waals surface area contributed by atoms with Crippen LogP contribution < -0.4 is 4.86 Å². The first-order chi connectivity index (χ1) is 13.2. The van der Waals surface area contributed by atoms with Gasteiger partial charge < -0.3 is 0 Å². The molecule has 0 aromatic carbocycles. The standard InChI is InChI=1S/C15H31ClN8P3/c16-24-15-7-14-23-9-2-1-8-17-25-18-26(20-27(23,24)19-25,21-10-3-4-11-21)22-12-5-6-13-22/h1-15H2,(H,17,18)/q+1. The van der Waals surface area contributed by atoms with E-state index in [0.29, 0.717) is 0 Å². The minimum atomic E-state index is -2.24. The Kier molecular flexibility index (Phi) is 5.85. The van der Waals surface area contributed by atoms with Crippen molar-refractivity contribution >= 4 is 34.8 Å². The van der Waals surface area contributed by atoms with E-state index in [1.165, 1.54) is 32.1 Å². The van der Waals surface area contributed by atoms with Crippen LogP contribution >= 0.6 is 34.8 Å². The lowest BCUT2D eigenvalue weighted by Crippen LogP contribution is -2.39. The molecule has 3 saturated heterocycles. The van der Waals surface area contributed by atoms with Gasteiger partial charge in [0.1, 0.15) is 0 Å². The van der Waals surface area contributed by atoms with Crippen molar-refractivity contribution < 1.29 is 0 Å². The Labute approximate surface area is 169 Å². The number of halogens is 1. The third-order valence-corrected chi connectivity index (χ3v) is 17.1. The van der Waals surface area contributed by atoms with Crippen LogP contribution in [0, 0.1) is 0 Å². The van der Waals surface area contributed by atoms with Crippen LogP contribution in [-0.2, 0) is 0 Å². The van der Waals surface area contributed by atoms with Crippen LogP contribution in [0.25, 0.3) is 0 Å². The molecule has 5 rings (SSSR count). The maximum atomic E-state index is 6.94. The molecule has 2 bridgehead atoms. The van der Waals surface area contributed by atoms with Gasteiger partial charge >= 0.3 is 8.01 Å². The normalized spacial score (nSPS) is 37.4. The van der Waals surface area contributed by atoms with E-state index in [4.69, 9.17) is 25.6 Å². The van der Waals surface area contributed by atoms with Crippen molar-refractivity contribution in [3.05, 3.63) is 0 Å². The summed E-state index contributed by atoms with van der Waals surface area (Å²) in [5.74, 6) is 0. The van der Waals surface area contributed by atoms with Crippen LogP contribution in [0.5, 0.6) is 0 Å². The highest BCUT2D eigenvalue weighted by Crippen LogP contribution is 2.77. The highest BCUT2D eigenvalue weighted by molar-refractivity contribution is 7.81. The number of rotatable bonds is 2. The van der Waals surface area contributed by atoms with Gasteiger partial charge in [-0.2, -0.15) is 4.52 Å². The summed E-state index contributed by atoms with van der Waals surface area (Å²) in [4.78, 5) is 3.97. The maximum absolute atomic E-state index is 6.94. The average Bonchev–Trinajstić information content (AvgIpc) is 3.39. The molecule has 12 heteroatoms. The smallest absolute Gasteiger partial charge is 0.243 e. The largest absolute Gasteiger partial charge is 0.459 e. The highest BCUT2D eigenvalue weighted by Gasteiger charge is 2.53. The van der Waals surface area contributed by atoms with Gasteiger partial charge in [0.2, 0.25) is 7.51 Å². The van der Waals surface area contributed by atoms with Crippen molar-refractivity contribution in [3.63, 3.8) is 0 Å². The molecule has 3 fully saturated rings. The Morgan fingerprint density at radius 3 is 2.04 bits per heavy atom. The minimum absolute atomic E-state index is 0.891. The van der Waals surface area contributed by atoms with E-state index in [1.54, 1.807) is 0 Å². The second kappa shape index (κ2) is 8.06. The second-order valence-electron chi connectivity index (χ2n) is 7.93. The van der Waals surface area contributed by atoms with Crippen LogP contribution in [0.3, 0.4) is 0 Å². The first-order valence-corrected chi connectivity index (χ1v) is 15.3. The molecule has 0 aromatic rings. The summed E-state index contributed by atoms with van der Waals surface area (Å²) in [5, 5.41) is 0. The van der Waals surface area contributed by atoms with E-state index in [1.807, 2.05) is 4.19 Å². The van der Waals surface area contributed by atoms with Crippen LogP contribution in [0.15, 0.2) is 13.8 Å². The van der Waals surface area contributed by atoms with Crippen LogP contribution in [0.4, 0.5) is 0 Å². The molecule has 8 nitrogen and oxygen atoms in total. The van der Waals surface area contributed by atoms with Gasteiger partial charge in [-0.25, -0.2) is 14.0 Å². The van der Waals surface area contributed by atoms with Gasteiger partial charge in [0.15, 0.2) is 0 Å². The minimum Gasteiger partial charge on any atom is -0.243 e. The average molecular weight is 452 g/mol. The first kappa shape index (κ1) is 19.6. The van der Waals surface area contributed by atoms with Gasteiger partial charge in [0, 0.05) is 50.3 Å². The summed E-state index contributed by atoms with van der Waals surface area (Å²) in [6, 6.07) is 0. The van der Waals surface area contributed by atoms with E-state index in [2.05, 4.69) is 18.9 Å². The fourth-order valence-corrected chi connectivity index (χ4v) is 18.2. The van der Waals surface area contributed by atoms with E-state index in [0.717, 1.165) is 65.2 Å². The Balaban J connectivity index is 1.71. The molecule has 152 valence electrons. The SMILES string of the molecule is ClN1CCCN2CCCCN=[P+]3N=P12N=P(N1CCCC1)(N1CCCC1)N3. The van der Waals surface area contributed by atoms with Crippen LogP contribution in [0.2, 0.25) is 0 Å². The molecular weight excluding hydrogens is 421 g/mol. The third kappa shape index (κ3) is 3.44. The first-order valence-electron chi connectivity index (χ1n) is 10.4. The number of nitrogens with one attached hydrogen (secondary N) is 1. The van der Waals surface area contributed by atoms with Gasteiger partial charge in [0.25, 0.3) is 7.51 Å². The fraction of sp³-hybridized carbons (Fsp3) is 1.00. The molecule has 2 unspecified atom stereocenters. The van der Waals surface area contributed by atoms with Gasteiger partial charge in [-0.1, -0.05) is 4.74 Å². The molecule has 27 heavy (non-hydrogen) atoms.